The summed E-state index contributed by atoms with van der Waals surface area (Å²) in [6.45, 7) is 4.84. The SMILES string of the molecule is CC(C)Cc1scc[n+]1CC(=O)c1ccccc1.[Cl-]. The molecular formula is C15H18ClNOS. The van der Waals surface area contributed by atoms with Crippen LogP contribution < -0.4 is 17.0 Å². The van der Waals surface area contributed by atoms with E-state index in [1.54, 1.807) is 11.3 Å². The molecule has 0 bridgehead atoms. The fraction of sp³-hybridized carbons (Fsp3) is 0.333. The van der Waals surface area contributed by atoms with Crippen LogP contribution in [0.2, 0.25) is 0 Å². The fourth-order valence-electron chi connectivity index (χ4n) is 1.86. The molecule has 0 unspecified atom stereocenters. The molecule has 0 fully saturated rings. The topological polar surface area (TPSA) is 20.9 Å². The number of hydrogen-bond donors (Lipinski definition) is 0. The number of hydrogen-bond acceptors (Lipinski definition) is 2. The molecule has 0 N–H and O–H groups in total. The monoisotopic (exact) mass is 295 g/mol. The lowest BCUT2D eigenvalue weighted by Crippen LogP contribution is -3.00. The minimum atomic E-state index is 0. The molecule has 0 atom stereocenters. The summed E-state index contributed by atoms with van der Waals surface area (Å²) in [7, 11) is 0. The van der Waals surface area contributed by atoms with Crippen molar-refractivity contribution in [3.05, 3.63) is 52.5 Å². The number of thiazole rings is 1. The van der Waals surface area contributed by atoms with Crippen LogP contribution in [0.25, 0.3) is 0 Å². The van der Waals surface area contributed by atoms with Crippen molar-refractivity contribution in [3.63, 3.8) is 0 Å². The highest BCUT2D eigenvalue weighted by Gasteiger charge is 2.18. The second-order valence-electron chi connectivity index (χ2n) is 4.81. The van der Waals surface area contributed by atoms with E-state index in [0.717, 1.165) is 12.0 Å². The molecule has 0 aliphatic rings. The number of ketones is 1. The van der Waals surface area contributed by atoms with Crippen LogP contribution in [0, 0.1) is 5.92 Å². The highest BCUT2D eigenvalue weighted by Crippen LogP contribution is 2.10. The van der Waals surface area contributed by atoms with E-state index in [-0.39, 0.29) is 18.2 Å². The van der Waals surface area contributed by atoms with Gasteiger partial charge in [0.15, 0.2) is 6.20 Å². The summed E-state index contributed by atoms with van der Waals surface area (Å²) in [6.07, 6.45) is 3.03. The average Bonchev–Trinajstić information content (AvgIpc) is 2.77. The summed E-state index contributed by atoms with van der Waals surface area (Å²) in [5.41, 5.74) is 0.784. The molecule has 4 heteroatoms. The van der Waals surface area contributed by atoms with E-state index in [2.05, 4.69) is 23.8 Å². The number of Topliss-reactive ketones (excluding diaryl/α,β-unsaturated/α-hetero) is 1. The third-order valence-corrected chi connectivity index (χ3v) is 3.69. The molecule has 2 aromatic rings. The molecule has 0 radical (unpaired) electrons. The van der Waals surface area contributed by atoms with E-state index in [0.29, 0.717) is 12.5 Å². The van der Waals surface area contributed by atoms with Gasteiger partial charge < -0.3 is 12.4 Å². The standard InChI is InChI=1S/C15H18NOS.ClH/c1-12(2)10-15-16(8-9-18-15)11-14(17)13-6-4-3-5-7-13;/h3-9,12H,10-11H2,1-2H3;1H/q+1;/p-1. The van der Waals surface area contributed by atoms with Gasteiger partial charge in [0, 0.05) is 12.0 Å². The van der Waals surface area contributed by atoms with Crippen LogP contribution in [0.4, 0.5) is 0 Å². The number of nitrogens with zero attached hydrogens (tertiary/aromatic N) is 1. The summed E-state index contributed by atoms with van der Waals surface area (Å²) in [5.74, 6) is 0.783. The second-order valence-corrected chi connectivity index (χ2v) is 5.79. The van der Waals surface area contributed by atoms with Crippen molar-refractivity contribution in [2.45, 2.75) is 26.8 Å². The summed E-state index contributed by atoms with van der Waals surface area (Å²) < 4.78 is 2.07. The van der Waals surface area contributed by atoms with E-state index in [1.807, 2.05) is 36.5 Å². The van der Waals surface area contributed by atoms with Crippen molar-refractivity contribution in [1.29, 1.82) is 0 Å². The summed E-state index contributed by atoms with van der Waals surface area (Å²) in [5, 5.41) is 3.32. The Morgan fingerprint density at radius 1 is 1.26 bits per heavy atom. The molecular weight excluding hydrogens is 278 g/mol. The Bertz CT molecular complexity index is 522. The van der Waals surface area contributed by atoms with Gasteiger partial charge >= 0.3 is 0 Å². The third kappa shape index (κ3) is 4.44. The minimum absolute atomic E-state index is 0. The lowest BCUT2D eigenvalue weighted by atomic mass is 10.1. The molecule has 0 spiro atoms. The maximum atomic E-state index is 12.1. The van der Waals surface area contributed by atoms with Crippen molar-refractivity contribution >= 4 is 17.1 Å². The lowest BCUT2D eigenvalue weighted by Gasteiger charge is -2.01. The van der Waals surface area contributed by atoms with Crippen LogP contribution in [0.1, 0.15) is 29.2 Å². The Hall–Kier alpha value is -1.19. The zero-order valence-electron chi connectivity index (χ0n) is 11.2. The van der Waals surface area contributed by atoms with Crippen molar-refractivity contribution < 1.29 is 21.8 Å². The second kappa shape index (κ2) is 7.41. The van der Waals surface area contributed by atoms with Crippen LogP contribution in [-0.2, 0) is 13.0 Å². The zero-order valence-corrected chi connectivity index (χ0v) is 12.7. The largest absolute Gasteiger partial charge is 1.00 e. The Morgan fingerprint density at radius 3 is 2.58 bits per heavy atom. The first-order chi connectivity index (χ1) is 8.66. The smallest absolute Gasteiger partial charge is 0.237 e. The van der Waals surface area contributed by atoms with Gasteiger partial charge in [0.25, 0.3) is 0 Å². The Labute approximate surface area is 124 Å². The van der Waals surface area contributed by atoms with Gasteiger partial charge in [-0.2, -0.15) is 4.57 Å². The highest BCUT2D eigenvalue weighted by molar-refractivity contribution is 7.09. The van der Waals surface area contributed by atoms with Gasteiger partial charge in [-0.3, -0.25) is 4.79 Å². The molecule has 0 amide bonds. The number of carbonyl (C=O) groups is 1. The van der Waals surface area contributed by atoms with Crippen molar-refractivity contribution in [3.8, 4) is 0 Å². The Morgan fingerprint density at radius 2 is 1.95 bits per heavy atom. The van der Waals surface area contributed by atoms with Crippen LogP contribution in [0.15, 0.2) is 41.9 Å². The third-order valence-electron chi connectivity index (χ3n) is 2.76. The molecule has 0 aliphatic carbocycles. The van der Waals surface area contributed by atoms with Crippen molar-refractivity contribution in [1.82, 2.24) is 0 Å². The molecule has 1 heterocycles. The van der Waals surface area contributed by atoms with Crippen molar-refractivity contribution in [2.24, 2.45) is 5.92 Å². The van der Waals surface area contributed by atoms with E-state index in [1.165, 1.54) is 5.01 Å². The summed E-state index contributed by atoms with van der Waals surface area (Å²) >= 11 is 1.73. The van der Waals surface area contributed by atoms with Crippen LogP contribution in [0.5, 0.6) is 0 Å². The summed E-state index contributed by atoms with van der Waals surface area (Å²) in [4.78, 5) is 12.1. The van der Waals surface area contributed by atoms with Gasteiger partial charge in [-0.05, 0) is 5.92 Å². The highest BCUT2D eigenvalue weighted by atomic mass is 35.5. The summed E-state index contributed by atoms with van der Waals surface area (Å²) in [6, 6.07) is 9.48. The molecule has 0 saturated heterocycles. The number of carbonyl (C=O) groups excluding carboxylic acids is 1. The van der Waals surface area contributed by atoms with Gasteiger partial charge in [0.2, 0.25) is 17.3 Å². The molecule has 0 saturated carbocycles. The zero-order chi connectivity index (χ0) is 13.0. The predicted octanol–water partition coefficient (Wildman–Crippen LogP) is 0.121. The molecule has 1 aromatic carbocycles. The first-order valence-electron chi connectivity index (χ1n) is 6.21. The molecule has 2 nitrogen and oxygen atoms in total. The molecule has 19 heavy (non-hydrogen) atoms. The van der Waals surface area contributed by atoms with Crippen LogP contribution in [0.3, 0.4) is 0 Å². The molecule has 102 valence electrons. The first kappa shape index (κ1) is 15.9. The fourth-order valence-corrected chi connectivity index (χ4v) is 2.91. The number of benzene rings is 1. The van der Waals surface area contributed by atoms with E-state index < -0.39 is 0 Å². The van der Waals surface area contributed by atoms with Crippen molar-refractivity contribution in [2.75, 3.05) is 0 Å². The average molecular weight is 296 g/mol. The van der Waals surface area contributed by atoms with Gasteiger partial charge in [-0.1, -0.05) is 55.5 Å². The number of halogens is 1. The van der Waals surface area contributed by atoms with Gasteiger partial charge in [-0.15, -0.1) is 0 Å². The maximum absolute atomic E-state index is 12.1. The maximum Gasteiger partial charge on any atom is 0.237 e. The molecule has 0 aliphatic heterocycles. The molecule has 2 rings (SSSR count). The Balaban J connectivity index is 0.00000180. The first-order valence-corrected chi connectivity index (χ1v) is 7.09. The molecule has 1 aromatic heterocycles. The van der Waals surface area contributed by atoms with Gasteiger partial charge in [0.05, 0.1) is 5.38 Å². The van der Waals surface area contributed by atoms with Crippen LogP contribution >= 0.6 is 11.3 Å². The van der Waals surface area contributed by atoms with Crippen LogP contribution in [-0.4, -0.2) is 5.78 Å². The minimum Gasteiger partial charge on any atom is -1.00 e. The van der Waals surface area contributed by atoms with Gasteiger partial charge in [0.1, 0.15) is 0 Å². The number of aromatic nitrogens is 1. The van der Waals surface area contributed by atoms with E-state index >= 15 is 0 Å². The Kier molecular flexibility index (Phi) is 6.19. The number of rotatable bonds is 5. The van der Waals surface area contributed by atoms with Gasteiger partial charge in [-0.25, -0.2) is 0 Å². The van der Waals surface area contributed by atoms with E-state index in [4.69, 9.17) is 0 Å². The quantitative estimate of drug-likeness (QED) is 0.567. The lowest BCUT2D eigenvalue weighted by molar-refractivity contribution is -0.685. The van der Waals surface area contributed by atoms with E-state index in [9.17, 15) is 4.79 Å². The normalized spacial score (nSPS) is 10.3. The predicted molar refractivity (Wildman–Crippen MR) is 73.8 cm³/mol.